The lowest BCUT2D eigenvalue weighted by molar-refractivity contribution is 0.403. The molecule has 0 bridgehead atoms. The van der Waals surface area contributed by atoms with Crippen LogP contribution in [0.4, 0.5) is 0 Å². The van der Waals surface area contributed by atoms with Crippen molar-refractivity contribution < 1.29 is 10.2 Å². The molecule has 3 nitrogen and oxygen atoms in total. The summed E-state index contributed by atoms with van der Waals surface area (Å²) < 4.78 is 2.41. The molecule has 0 fully saturated rings. The summed E-state index contributed by atoms with van der Waals surface area (Å²) in [5.41, 5.74) is 3.84. The van der Waals surface area contributed by atoms with E-state index in [1.54, 1.807) is 12.1 Å². The first-order valence-electron chi connectivity index (χ1n) is 9.62. The third kappa shape index (κ3) is 4.40. The average Bonchev–Trinajstić information content (AvgIpc) is 2.98. The van der Waals surface area contributed by atoms with Crippen molar-refractivity contribution in [2.75, 3.05) is 0 Å². The lowest BCUT2D eigenvalue weighted by Gasteiger charge is -2.07. The summed E-state index contributed by atoms with van der Waals surface area (Å²) >= 11 is 0. The Bertz CT molecular complexity index is 864. The molecule has 138 valence electrons. The summed E-state index contributed by atoms with van der Waals surface area (Å²) in [5, 5.41) is 20.4. The fourth-order valence-electron chi connectivity index (χ4n) is 3.47. The highest BCUT2D eigenvalue weighted by molar-refractivity contribution is 5.84. The van der Waals surface area contributed by atoms with E-state index in [0.29, 0.717) is 5.92 Å². The maximum absolute atomic E-state index is 9.59. The van der Waals surface area contributed by atoms with Crippen molar-refractivity contribution in [3.05, 3.63) is 59.8 Å². The quantitative estimate of drug-likeness (QED) is 0.406. The Morgan fingerprint density at radius 3 is 2.46 bits per heavy atom. The van der Waals surface area contributed by atoms with Gasteiger partial charge in [0.1, 0.15) is 0 Å². The Morgan fingerprint density at radius 2 is 1.69 bits per heavy atom. The third-order valence-electron chi connectivity index (χ3n) is 5.02. The monoisotopic (exact) mass is 351 g/mol. The number of aryl methyl sites for hydroxylation is 3. The van der Waals surface area contributed by atoms with Crippen LogP contribution in [0.5, 0.6) is 11.5 Å². The van der Waals surface area contributed by atoms with Gasteiger partial charge >= 0.3 is 0 Å². The molecule has 0 aliphatic rings. The van der Waals surface area contributed by atoms with E-state index in [1.165, 1.54) is 22.9 Å². The average molecular weight is 351 g/mol. The van der Waals surface area contributed by atoms with Gasteiger partial charge in [-0.1, -0.05) is 38.1 Å². The molecule has 0 saturated heterocycles. The van der Waals surface area contributed by atoms with Gasteiger partial charge in [-0.15, -0.1) is 0 Å². The number of unbranched alkanes of at least 4 members (excludes halogenated alkanes) is 1. The number of rotatable bonds is 8. The van der Waals surface area contributed by atoms with Crippen LogP contribution in [0.25, 0.3) is 10.9 Å². The van der Waals surface area contributed by atoms with E-state index >= 15 is 0 Å². The molecule has 2 aromatic carbocycles. The van der Waals surface area contributed by atoms with E-state index in [1.807, 2.05) is 6.07 Å². The molecule has 26 heavy (non-hydrogen) atoms. The maximum Gasteiger partial charge on any atom is 0.157 e. The number of benzene rings is 2. The molecule has 0 atom stereocenters. The first-order chi connectivity index (χ1) is 12.5. The molecule has 1 aromatic heterocycles. The number of fused-ring (bicyclic) bond motifs is 1. The van der Waals surface area contributed by atoms with Gasteiger partial charge in [-0.25, -0.2) is 0 Å². The highest BCUT2D eigenvalue weighted by Gasteiger charge is 2.08. The number of hydrogen-bond donors (Lipinski definition) is 2. The summed E-state index contributed by atoms with van der Waals surface area (Å²) in [6.45, 7) is 5.62. The Labute approximate surface area is 155 Å². The van der Waals surface area contributed by atoms with Gasteiger partial charge in [0.25, 0.3) is 0 Å². The topological polar surface area (TPSA) is 45.4 Å². The Kier molecular flexibility index (Phi) is 5.87. The molecule has 0 aliphatic heterocycles. The van der Waals surface area contributed by atoms with Crippen molar-refractivity contribution in [3.63, 3.8) is 0 Å². The van der Waals surface area contributed by atoms with E-state index in [4.69, 9.17) is 0 Å². The second-order valence-electron chi connectivity index (χ2n) is 7.58. The van der Waals surface area contributed by atoms with Crippen molar-refractivity contribution in [1.82, 2.24) is 4.57 Å². The van der Waals surface area contributed by atoms with Crippen LogP contribution < -0.4 is 0 Å². The number of aromatic hydroxyl groups is 2. The van der Waals surface area contributed by atoms with Crippen molar-refractivity contribution in [2.45, 2.75) is 52.5 Å². The van der Waals surface area contributed by atoms with E-state index < -0.39 is 0 Å². The van der Waals surface area contributed by atoms with Crippen LogP contribution in [-0.4, -0.2) is 14.8 Å². The van der Waals surface area contributed by atoms with Gasteiger partial charge in [0, 0.05) is 23.6 Å². The van der Waals surface area contributed by atoms with Gasteiger partial charge in [-0.3, -0.25) is 0 Å². The summed E-state index contributed by atoms with van der Waals surface area (Å²) in [6.07, 6.45) is 7.69. The van der Waals surface area contributed by atoms with Crippen LogP contribution in [0.2, 0.25) is 0 Å². The van der Waals surface area contributed by atoms with Crippen molar-refractivity contribution >= 4 is 10.9 Å². The minimum absolute atomic E-state index is 0.0317. The first kappa shape index (κ1) is 18.4. The van der Waals surface area contributed by atoms with Gasteiger partial charge in [-0.05, 0) is 67.3 Å². The van der Waals surface area contributed by atoms with Crippen molar-refractivity contribution in [2.24, 2.45) is 5.92 Å². The molecular weight excluding hydrogens is 322 g/mol. The van der Waals surface area contributed by atoms with Crippen molar-refractivity contribution in [1.29, 1.82) is 0 Å². The molecule has 3 aromatic rings. The second-order valence-corrected chi connectivity index (χ2v) is 7.58. The zero-order valence-electron chi connectivity index (χ0n) is 15.8. The number of aromatic nitrogens is 1. The molecule has 0 saturated carbocycles. The van der Waals surface area contributed by atoms with Gasteiger partial charge in [0.05, 0.1) is 0 Å². The molecule has 0 aliphatic carbocycles. The predicted molar refractivity (Wildman–Crippen MR) is 108 cm³/mol. The predicted octanol–water partition coefficient (Wildman–Crippen LogP) is 5.66. The van der Waals surface area contributed by atoms with Crippen molar-refractivity contribution in [3.8, 4) is 11.5 Å². The Hall–Kier alpha value is -2.42. The van der Waals surface area contributed by atoms with Gasteiger partial charge < -0.3 is 14.8 Å². The minimum atomic E-state index is -0.0528. The van der Waals surface area contributed by atoms with Crippen LogP contribution in [-0.2, 0) is 19.4 Å². The Morgan fingerprint density at radius 1 is 0.923 bits per heavy atom. The fraction of sp³-hybridized carbons (Fsp3) is 0.391. The SMILES string of the molecule is CC(C)CCn1cc(CCCCc2ccc(O)c(O)c2)c2ccccc21. The highest BCUT2D eigenvalue weighted by Crippen LogP contribution is 2.27. The van der Waals surface area contributed by atoms with E-state index in [2.05, 4.69) is 48.9 Å². The van der Waals surface area contributed by atoms with E-state index in [0.717, 1.165) is 37.8 Å². The van der Waals surface area contributed by atoms with Crippen LogP contribution in [0.1, 0.15) is 44.2 Å². The summed E-state index contributed by atoms with van der Waals surface area (Å²) in [4.78, 5) is 0. The first-order valence-corrected chi connectivity index (χ1v) is 9.62. The molecule has 2 N–H and O–H groups in total. The minimum Gasteiger partial charge on any atom is -0.504 e. The fourth-order valence-corrected chi connectivity index (χ4v) is 3.47. The molecule has 0 spiro atoms. The smallest absolute Gasteiger partial charge is 0.157 e. The normalized spacial score (nSPS) is 11.5. The lowest BCUT2D eigenvalue weighted by atomic mass is 10.0. The molecular formula is C23H29NO2. The van der Waals surface area contributed by atoms with Crippen LogP contribution in [0.3, 0.4) is 0 Å². The molecule has 1 heterocycles. The molecule has 0 amide bonds. The Balaban J connectivity index is 1.62. The number of phenolic OH excluding ortho intramolecular Hbond substituents is 2. The number of phenols is 2. The lowest BCUT2D eigenvalue weighted by Crippen LogP contribution is -1.99. The molecule has 3 heteroatoms. The zero-order valence-corrected chi connectivity index (χ0v) is 15.8. The van der Waals surface area contributed by atoms with E-state index in [9.17, 15) is 10.2 Å². The van der Waals surface area contributed by atoms with Crippen LogP contribution >= 0.6 is 0 Å². The van der Waals surface area contributed by atoms with Gasteiger partial charge in [-0.2, -0.15) is 0 Å². The van der Waals surface area contributed by atoms with Gasteiger partial charge in [0.15, 0.2) is 11.5 Å². The maximum atomic E-state index is 9.59. The highest BCUT2D eigenvalue weighted by atomic mass is 16.3. The molecule has 3 rings (SSSR count). The standard InChI is InChI=1S/C23H29NO2/c1-17(2)13-14-24-16-19(20-9-5-6-10-21(20)24)8-4-3-7-18-11-12-22(25)23(26)15-18/h5-6,9-12,15-17,25-26H,3-4,7-8,13-14H2,1-2H3. The van der Waals surface area contributed by atoms with Gasteiger partial charge in [0.2, 0.25) is 0 Å². The summed E-state index contributed by atoms with van der Waals surface area (Å²) in [6, 6.07) is 13.8. The number of hydrogen-bond acceptors (Lipinski definition) is 2. The number of nitrogens with zero attached hydrogens (tertiary/aromatic N) is 1. The third-order valence-corrected chi connectivity index (χ3v) is 5.02. The number of para-hydroxylation sites is 1. The largest absolute Gasteiger partial charge is 0.504 e. The van der Waals surface area contributed by atoms with E-state index in [-0.39, 0.29) is 11.5 Å². The summed E-state index contributed by atoms with van der Waals surface area (Å²) in [7, 11) is 0. The second kappa shape index (κ2) is 8.31. The van der Waals surface area contributed by atoms with Crippen LogP contribution in [0, 0.1) is 5.92 Å². The summed E-state index contributed by atoms with van der Waals surface area (Å²) in [5.74, 6) is 0.625. The molecule has 0 unspecified atom stereocenters. The molecule has 0 radical (unpaired) electrons. The zero-order chi connectivity index (χ0) is 18.5. The van der Waals surface area contributed by atoms with Crippen LogP contribution in [0.15, 0.2) is 48.7 Å².